The molecule has 1 aliphatic rings. The highest BCUT2D eigenvalue weighted by Gasteiger charge is 2.30. The summed E-state index contributed by atoms with van der Waals surface area (Å²) < 4.78 is 5.31. The summed E-state index contributed by atoms with van der Waals surface area (Å²) in [7, 11) is 1.63. The number of ether oxygens (including phenoxy) is 1. The van der Waals surface area contributed by atoms with Gasteiger partial charge in [-0.1, -0.05) is 30.1 Å². The third-order valence-electron chi connectivity index (χ3n) is 2.81. The van der Waals surface area contributed by atoms with E-state index < -0.39 is 0 Å². The molecule has 0 radical (unpaired) electrons. The molecule has 1 aliphatic heterocycles. The van der Waals surface area contributed by atoms with Crippen LogP contribution in [0.1, 0.15) is 18.5 Å². The molecule has 1 aromatic rings. The molecule has 2 atom stereocenters. The predicted octanol–water partition coefficient (Wildman–Crippen LogP) is 3.28. The van der Waals surface area contributed by atoms with Gasteiger partial charge in [0.15, 0.2) is 0 Å². The van der Waals surface area contributed by atoms with Crippen LogP contribution in [0.5, 0.6) is 5.75 Å². The summed E-state index contributed by atoms with van der Waals surface area (Å²) in [6, 6.07) is 3.92. The van der Waals surface area contributed by atoms with Gasteiger partial charge in [-0.3, -0.25) is 0 Å². The van der Waals surface area contributed by atoms with Gasteiger partial charge < -0.3 is 10.1 Å². The number of methoxy groups -OCH3 is 1. The molecule has 0 amide bonds. The van der Waals surface area contributed by atoms with Crippen LogP contribution in [-0.4, -0.2) is 13.7 Å². The number of halogens is 2. The third kappa shape index (κ3) is 1.94. The Kier molecular flexibility index (Phi) is 3.10. The second kappa shape index (κ2) is 4.20. The average molecular weight is 246 g/mol. The van der Waals surface area contributed by atoms with Gasteiger partial charge in [0.25, 0.3) is 0 Å². The molecule has 1 saturated heterocycles. The minimum absolute atomic E-state index is 0.302. The summed E-state index contributed by atoms with van der Waals surface area (Å²) in [5.41, 5.74) is 1.05. The maximum Gasteiger partial charge on any atom is 0.142 e. The van der Waals surface area contributed by atoms with E-state index in [-0.39, 0.29) is 0 Å². The summed E-state index contributed by atoms with van der Waals surface area (Å²) in [4.78, 5) is 0. The molecule has 1 N–H and O–H groups in total. The lowest BCUT2D eigenvalue weighted by Crippen LogP contribution is -2.44. The maximum absolute atomic E-state index is 6.07. The van der Waals surface area contributed by atoms with Gasteiger partial charge in [-0.05, 0) is 18.1 Å². The van der Waals surface area contributed by atoms with Crippen LogP contribution in [-0.2, 0) is 0 Å². The highest BCUT2D eigenvalue weighted by molar-refractivity contribution is 6.35. The molecule has 0 aromatic heterocycles. The molecule has 15 heavy (non-hydrogen) atoms. The number of nitrogens with one attached hydrogen (secondary N) is 1. The number of hydrogen-bond donors (Lipinski definition) is 1. The lowest BCUT2D eigenvalue weighted by Gasteiger charge is -2.36. The molecule has 0 spiro atoms. The molecule has 1 aromatic carbocycles. The normalized spacial score (nSPS) is 24.8. The molecule has 82 valence electrons. The zero-order valence-corrected chi connectivity index (χ0v) is 10.2. The van der Waals surface area contributed by atoms with E-state index in [2.05, 4.69) is 12.2 Å². The Morgan fingerprint density at radius 3 is 2.60 bits per heavy atom. The van der Waals surface area contributed by atoms with Crippen LogP contribution in [0.2, 0.25) is 10.0 Å². The predicted molar refractivity (Wildman–Crippen MR) is 62.9 cm³/mol. The summed E-state index contributed by atoms with van der Waals surface area (Å²) in [6.45, 7) is 3.22. The number of benzene rings is 1. The first-order chi connectivity index (χ1) is 7.13. The standard InChI is InChI=1S/C11H13Cl2NO/c1-6-5-14-10(6)8-3-7(12)4-9(13)11(8)15-2/h3-4,6,10,14H,5H2,1-2H3. The number of hydrogen-bond acceptors (Lipinski definition) is 2. The van der Waals surface area contributed by atoms with E-state index >= 15 is 0 Å². The zero-order valence-electron chi connectivity index (χ0n) is 8.68. The van der Waals surface area contributed by atoms with Crippen LogP contribution in [0.25, 0.3) is 0 Å². The van der Waals surface area contributed by atoms with E-state index in [4.69, 9.17) is 27.9 Å². The second-order valence-corrected chi connectivity index (χ2v) is 4.72. The van der Waals surface area contributed by atoms with Gasteiger partial charge in [0.05, 0.1) is 12.1 Å². The van der Waals surface area contributed by atoms with Crippen LogP contribution < -0.4 is 10.1 Å². The Morgan fingerprint density at radius 1 is 1.40 bits per heavy atom. The lowest BCUT2D eigenvalue weighted by molar-refractivity contribution is 0.251. The summed E-state index contributed by atoms with van der Waals surface area (Å²) in [5.74, 6) is 1.32. The fourth-order valence-electron chi connectivity index (χ4n) is 1.91. The van der Waals surface area contributed by atoms with E-state index in [1.165, 1.54) is 0 Å². The van der Waals surface area contributed by atoms with Gasteiger partial charge in [0.2, 0.25) is 0 Å². The molecule has 1 heterocycles. The van der Waals surface area contributed by atoms with Gasteiger partial charge in [-0.25, -0.2) is 0 Å². The monoisotopic (exact) mass is 245 g/mol. The van der Waals surface area contributed by atoms with Crippen molar-refractivity contribution in [1.29, 1.82) is 0 Å². The Morgan fingerprint density at radius 2 is 2.13 bits per heavy atom. The van der Waals surface area contributed by atoms with E-state index in [1.807, 2.05) is 6.07 Å². The van der Waals surface area contributed by atoms with Gasteiger partial charge in [0.1, 0.15) is 5.75 Å². The Bertz CT molecular complexity index is 381. The van der Waals surface area contributed by atoms with Crippen molar-refractivity contribution in [3.8, 4) is 5.75 Å². The quantitative estimate of drug-likeness (QED) is 0.864. The minimum atomic E-state index is 0.302. The molecule has 1 fully saturated rings. The van der Waals surface area contributed by atoms with E-state index in [0.29, 0.717) is 22.0 Å². The van der Waals surface area contributed by atoms with Gasteiger partial charge >= 0.3 is 0 Å². The van der Waals surface area contributed by atoms with E-state index in [1.54, 1.807) is 13.2 Å². The SMILES string of the molecule is COc1c(Cl)cc(Cl)cc1C1NCC1C. The molecule has 2 unspecified atom stereocenters. The van der Waals surface area contributed by atoms with E-state index in [0.717, 1.165) is 17.9 Å². The molecular formula is C11H13Cl2NO. The second-order valence-electron chi connectivity index (χ2n) is 3.87. The first kappa shape index (κ1) is 11.1. The molecule has 2 nitrogen and oxygen atoms in total. The third-order valence-corrected chi connectivity index (χ3v) is 3.30. The van der Waals surface area contributed by atoms with Crippen molar-refractivity contribution in [1.82, 2.24) is 5.32 Å². The first-order valence-corrected chi connectivity index (χ1v) is 5.65. The lowest BCUT2D eigenvalue weighted by atomic mass is 9.87. The summed E-state index contributed by atoms with van der Waals surface area (Å²) in [6.07, 6.45) is 0. The van der Waals surface area contributed by atoms with Crippen molar-refractivity contribution in [2.45, 2.75) is 13.0 Å². The van der Waals surface area contributed by atoms with Crippen LogP contribution in [0, 0.1) is 5.92 Å². The van der Waals surface area contributed by atoms with Gasteiger partial charge in [-0.2, -0.15) is 0 Å². The fourth-order valence-corrected chi connectivity index (χ4v) is 2.50. The smallest absolute Gasteiger partial charge is 0.142 e. The molecule has 0 aliphatic carbocycles. The van der Waals surface area contributed by atoms with Crippen molar-refractivity contribution in [2.75, 3.05) is 13.7 Å². The van der Waals surface area contributed by atoms with E-state index in [9.17, 15) is 0 Å². The number of rotatable bonds is 2. The maximum atomic E-state index is 6.07. The van der Waals surface area contributed by atoms with Crippen molar-refractivity contribution in [3.05, 3.63) is 27.7 Å². The average Bonchev–Trinajstić information content (AvgIpc) is 2.15. The van der Waals surface area contributed by atoms with Crippen molar-refractivity contribution < 1.29 is 4.74 Å². The Hall–Kier alpha value is -0.440. The van der Waals surface area contributed by atoms with Crippen molar-refractivity contribution in [3.63, 3.8) is 0 Å². The minimum Gasteiger partial charge on any atom is -0.495 e. The van der Waals surface area contributed by atoms with Crippen molar-refractivity contribution in [2.24, 2.45) is 5.92 Å². The molecule has 0 saturated carbocycles. The zero-order chi connectivity index (χ0) is 11.0. The van der Waals surface area contributed by atoms with Gasteiger partial charge in [0, 0.05) is 23.2 Å². The van der Waals surface area contributed by atoms with Crippen LogP contribution in [0.15, 0.2) is 12.1 Å². The van der Waals surface area contributed by atoms with Crippen LogP contribution >= 0.6 is 23.2 Å². The summed E-state index contributed by atoms with van der Waals surface area (Å²) >= 11 is 12.1. The van der Waals surface area contributed by atoms with Gasteiger partial charge in [-0.15, -0.1) is 0 Å². The highest BCUT2D eigenvalue weighted by Crippen LogP contribution is 2.40. The molecule has 0 bridgehead atoms. The Balaban J connectivity index is 2.44. The first-order valence-electron chi connectivity index (χ1n) is 4.89. The highest BCUT2D eigenvalue weighted by atomic mass is 35.5. The summed E-state index contributed by atoms with van der Waals surface area (Å²) in [5, 5.41) is 4.56. The fraction of sp³-hybridized carbons (Fsp3) is 0.455. The molecular weight excluding hydrogens is 233 g/mol. The Labute approximate surface area is 99.5 Å². The van der Waals surface area contributed by atoms with Crippen LogP contribution in [0.4, 0.5) is 0 Å². The largest absolute Gasteiger partial charge is 0.495 e. The molecule has 4 heteroatoms. The van der Waals surface area contributed by atoms with Crippen molar-refractivity contribution >= 4 is 23.2 Å². The molecule has 2 rings (SSSR count). The topological polar surface area (TPSA) is 21.3 Å². The van der Waals surface area contributed by atoms with Crippen LogP contribution in [0.3, 0.4) is 0 Å².